The van der Waals surface area contributed by atoms with Gasteiger partial charge in [-0.25, -0.2) is 0 Å². The highest BCUT2D eigenvalue weighted by Crippen LogP contribution is 2.25. The summed E-state index contributed by atoms with van der Waals surface area (Å²) in [6.45, 7) is 7.65. The highest BCUT2D eigenvalue weighted by molar-refractivity contribution is 5.78. The van der Waals surface area contributed by atoms with Gasteiger partial charge in [0.1, 0.15) is 11.5 Å². The molecule has 0 spiro atoms. The van der Waals surface area contributed by atoms with Gasteiger partial charge in [0.15, 0.2) is 0 Å². The van der Waals surface area contributed by atoms with Gasteiger partial charge in [-0.15, -0.1) is 0 Å². The Kier molecular flexibility index (Phi) is 7.71. The second-order valence-electron chi connectivity index (χ2n) is 7.91. The SMILES string of the molecule is COc1ccc(OC)c(CN2CCN(CC(=O)N(C)Cc3ccccc3C)CC2)c1. The lowest BCUT2D eigenvalue weighted by atomic mass is 10.1. The number of methoxy groups -OCH3 is 2. The first-order chi connectivity index (χ1) is 14.5. The van der Waals surface area contributed by atoms with Gasteiger partial charge in [-0.3, -0.25) is 14.6 Å². The molecular weight excluding hydrogens is 378 g/mol. The molecule has 0 aromatic heterocycles. The van der Waals surface area contributed by atoms with E-state index in [4.69, 9.17) is 9.47 Å². The standard InChI is InChI=1S/C24H33N3O3/c1-19-7-5-6-8-20(19)16-25(2)24(28)18-27-13-11-26(12-14-27)17-21-15-22(29-3)9-10-23(21)30-4/h5-10,15H,11-14,16-18H2,1-4H3. The fourth-order valence-electron chi connectivity index (χ4n) is 3.80. The number of hydrogen-bond donors (Lipinski definition) is 0. The average Bonchev–Trinajstić information content (AvgIpc) is 2.76. The van der Waals surface area contributed by atoms with Crippen molar-refractivity contribution < 1.29 is 14.3 Å². The van der Waals surface area contributed by atoms with Gasteiger partial charge in [0.05, 0.1) is 20.8 Å². The van der Waals surface area contributed by atoms with Gasteiger partial charge >= 0.3 is 0 Å². The summed E-state index contributed by atoms with van der Waals surface area (Å²) < 4.78 is 10.9. The lowest BCUT2D eigenvalue weighted by molar-refractivity contribution is -0.132. The molecule has 1 aliphatic heterocycles. The molecule has 1 fully saturated rings. The Balaban J connectivity index is 1.48. The predicted octanol–water partition coefficient (Wildman–Crippen LogP) is 2.79. The third kappa shape index (κ3) is 5.74. The summed E-state index contributed by atoms with van der Waals surface area (Å²) in [5.41, 5.74) is 3.54. The van der Waals surface area contributed by atoms with Gasteiger partial charge in [0.25, 0.3) is 0 Å². The number of piperazine rings is 1. The number of amides is 1. The minimum absolute atomic E-state index is 0.168. The van der Waals surface area contributed by atoms with E-state index in [1.165, 1.54) is 11.1 Å². The van der Waals surface area contributed by atoms with E-state index >= 15 is 0 Å². The summed E-state index contributed by atoms with van der Waals surface area (Å²) in [6, 6.07) is 14.1. The number of rotatable bonds is 8. The lowest BCUT2D eigenvalue weighted by Crippen LogP contribution is -2.49. The third-order valence-corrected chi connectivity index (χ3v) is 5.80. The molecule has 3 rings (SSSR count). The minimum atomic E-state index is 0.168. The second-order valence-corrected chi connectivity index (χ2v) is 7.91. The van der Waals surface area contributed by atoms with Gasteiger partial charge in [0.2, 0.25) is 5.91 Å². The maximum Gasteiger partial charge on any atom is 0.236 e. The number of hydrogen-bond acceptors (Lipinski definition) is 5. The summed E-state index contributed by atoms with van der Waals surface area (Å²) in [5, 5.41) is 0. The van der Waals surface area contributed by atoms with Crippen LogP contribution in [0.25, 0.3) is 0 Å². The molecule has 0 aliphatic carbocycles. The number of carbonyl (C=O) groups excluding carboxylic acids is 1. The summed E-state index contributed by atoms with van der Waals surface area (Å²) in [5.74, 6) is 1.89. The van der Waals surface area contributed by atoms with E-state index in [1.807, 2.05) is 42.3 Å². The Bertz CT molecular complexity index is 847. The highest BCUT2D eigenvalue weighted by Gasteiger charge is 2.21. The van der Waals surface area contributed by atoms with E-state index in [-0.39, 0.29) is 5.91 Å². The fraction of sp³-hybridized carbons (Fsp3) is 0.458. The zero-order valence-electron chi connectivity index (χ0n) is 18.6. The maximum atomic E-state index is 12.7. The van der Waals surface area contributed by atoms with Crippen LogP contribution >= 0.6 is 0 Å². The van der Waals surface area contributed by atoms with Gasteiger partial charge in [-0.05, 0) is 36.2 Å². The summed E-state index contributed by atoms with van der Waals surface area (Å²) in [6.07, 6.45) is 0. The normalized spacial score (nSPS) is 15.1. The fourth-order valence-corrected chi connectivity index (χ4v) is 3.80. The van der Waals surface area contributed by atoms with Crippen molar-refractivity contribution in [2.75, 3.05) is 54.0 Å². The van der Waals surface area contributed by atoms with Crippen molar-refractivity contribution in [2.45, 2.75) is 20.0 Å². The molecule has 0 saturated carbocycles. The molecule has 2 aromatic rings. The van der Waals surface area contributed by atoms with Crippen molar-refractivity contribution in [3.8, 4) is 11.5 Å². The zero-order valence-corrected chi connectivity index (χ0v) is 18.6. The molecule has 6 nitrogen and oxygen atoms in total. The largest absolute Gasteiger partial charge is 0.497 e. The first kappa shape index (κ1) is 22.1. The molecule has 6 heteroatoms. The lowest BCUT2D eigenvalue weighted by Gasteiger charge is -2.35. The first-order valence-electron chi connectivity index (χ1n) is 10.4. The number of carbonyl (C=O) groups is 1. The topological polar surface area (TPSA) is 45.3 Å². The van der Waals surface area contributed by atoms with Gasteiger partial charge in [0, 0.05) is 51.9 Å². The molecular formula is C24H33N3O3. The third-order valence-electron chi connectivity index (χ3n) is 5.80. The van der Waals surface area contributed by atoms with Crippen LogP contribution in [0.15, 0.2) is 42.5 Å². The smallest absolute Gasteiger partial charge is 0.236 e. The molecule has 1 saturated heterocycles. The molecule has 1 amide bonds. The van der Waals surface area contributed by atoms with E-state index in [2.05, 4.69) is 28.9 Å². The van der Waals surface area contributed by atoms with Crippen LogP contribution in [0.4, 0.5) is 0 Å². The van der Waals surface area contributed by atoms with Gasteiger partial charge in [-0.2, -0.15) is 0 Å². The monoisotopic (exact) mass is 411 g/mol. The number of nitrogens with zero attached hydrogens (tertiary/aromatic N) is 3. The van der Waals surface area contributed by atoms with E-state index in [0.717, 1.165) is 49.8 Å². The second kappa shape index (κ2) is 10.5. The maximum absolute atomic E-state index is 12.7. The summed E-state index contributed by atoms with van der Waals surface area (Å²) >= 11 is 0. The molecule has 0 atom stereocenters. The van der Waals surface area contributed by atoms with Crippen LogP contribution in [-0.2, 0) is 17.9 Å². The van der Waals surface area contributed by atoms with Gasteiger partial charge in [-0.1, -0.05) is 24.3 Å². The van der Waals surface area contributed by atoms with Crippen LogP contribution in [0.3, 0.4) is 0 Å². The predicted molar refractivity (Wildman–Crippen MR) is 119 cm³/mol. The van der Waals surface area contributed by atoms with Crippen molar-refractivity contribution in [3.05, 3.63) is 59.2 Å². The Morgan fingerprint density at radius 1 is 0.967 bits per heavy atom. The summed E-state index contributed by atoms with van der Waals surface area (Å²) in [7, 11) is 5.26. The number of benzene rings is 2. The van der Waals surface area contributed by atoms with E-state index in [9.17, 15) is 4.79 Å². The minimum Gasteiger partial charge on any atom is -0.497 e. The molecule has 0 bridgehead atoms. The zero-order chi connectivity index (χ0) is 21.5. The Hall–Kier alpha value is -2.57. The quantitative estimate of drug-likeness (QED) is 0.668. The highest BCUT2D eigenvalue weighted by atomic mass is 16.5. The van der Waals surface area contributed by atoms with Crippen molar-refractivity contribution in [1.82, 2.24) is 14.7 Å². The Morgan fingerprint density at radius 3 is 2.33 bits per heavy atom. The van der Waals surface area contributed by atoms with E-state index in [1.54, 1.807) is 14.2 Å². The van der Waals surface area contributed by atoms with Gasteiger partial charge < -0.3 is 14.4 Å². The van der Waals surface area contributed by atoms with Crippen LogP contribution in [0.5, 0.6) is 11.5 Å². The molecule has 0 radical (unpaired) electrons. The van der Waals surface area contributed by atoms with Crippen LogP contribution in [0.1, 0.15) is 16.7 Å². The number of ether oxygens (including phenoxy) is 2. The van der Waals surface area contributed by atoms with Crippen molar-refractivity contribution in [3.63, 3.8) is 0 Å². The Morgan fingerprint density at radius 2 is 1.67 bits per heavy atom. The first-order valence-corrected chi connectivity index (χ1v) is 10.4. The molecule has 0 unspecified atom stereocenters. The molecule has 30 heavy (non-hydrogen) atoms. The van der Waals surface area contributed by atoms with Crippen molar-refractivity contribution in [2.24, 2.45) is 0 Å². The van der Waals surface area contributed by atoms with Crippen molar-refractivity contribution >= 4 is 5.91 Å². The van der Waals surface area contributed by atoms with Crippen LogP contribution in [0, 0.1) is 6.92 Å². The van der Waals surface area contributed by atoms with Crippen LogP contribution in [0.2, 0.25) is 0 Å². The average molecular weight is 412 g/mol. The number of likely N-dealkylation sites (N-methyl/N-ethyl adjacent to an activating group) is 1. The van der Waals surface area contributed by atoms with Crippen LogP contribution in [-0.4, -0.2) is 74.6 Å². The van der Waals surface area contributed by atoms with E-state index in [0.29, 0.717) is 13.1 Å². The molecule has 2 aromatic carbocycles. The summed E-state index contributed by atoms with van der Waals surface area (Å²) in [4.78, 5) is 19.2. The van der Waals surface area contributed by atoms with Crippen LogP contribution < -0.4 is 9.47 Å². The molecule has 1 aliphatic rings. The Labute approximate surface area is 180 Å². The molecule has 0 N–H and O–H groups in total. The van der Waals surface area contributed by atoms with Crippen molar-refractivity contribution in [1.29, 1.82) is 0 Å². The van der Waals surface area contributed by atoms with E-state index < -0.39 is 0 Å². The number of aryl methyl sites for hydroxylation is 1. The molecule has 1 heterocycles. The molecule has 162 valence electrons.